The normalized spacial score (nSPS) is 10.9. The van der Waals surface area contributed by atoms with E-state index in [9.17, 15) is 0 Å². The molecule has 0 spiro atoms. The Morgan fingerprint density at radius 2 is 2.31 bits per heavy atom. The molecule has 0 aliphatic carbocycles. The number of ether oxygens (including phenoxy) is 1. The number of hydrogen-bond donors (Lipinski definition) is 1. The maximum absolute atomic E-state index is 5.49. The van der Waals surface area contributed by atoms with E-state index < -0.39 is 0 Å². The van der Waals surface area contributed by atoms with Crippen LogP contribution in [0, 0.1) is 0 Å². The molecule has 3 heteroatoms. The van der Waals surface area contributed by atoms with E-state index in [1.165, 1.54) is 11.1 Å². The van der Waals surface area contributed by atoms with Crippen LogP contribution in [0.4, 0.5) is 0 Å². The SMILES string of the molecule is CCCNCc1cccc(OC/C=C/Cl)c1. The first-order valence-electron chi connectivity index (χ1n) is 5.54. The average molecular weight is 240 g/mol. The van der Waals surface area contributed by atoms with E-state index in [4.69, 9.17) is 16.3 Å². The van der Waals surface area contributed by atoms with E-state index in [1.807, 2.05) is 18.2 Å². The van der Waals surface area contributed by atoms with Crippen LogP contribution in [0.2, 0.25) is 0 Å². The van der Waals surface area contributed by atoms with Crippen LogP contribution < -0.4 is 10.1 Å². The molecular formula is C13H18ClNO. The van der Waals surface area contributed by atoms with Gasteiger partial charge in [0.2, 0.25) is 0 Å². The fraction of sp³-hybridized carbons (Fsp3) is 0.385. The summed E-state index contributed by atoms with van der Waals surface area (Å²) in [5.74, 6) is 0.880. The van der Waals surface area contributed by atoms with Crippen LogP contribution in [0.25, 0.3) is 0 Å². The van der Waals surface area contributed by atoms with Gasteiger partial charge in [0.1, 0.15) is 12.4 Å². The summed E-state index contributed by atoms with van der Waals surface area (Å²) in [7, 11) is 0. The van der Waals surface area contributed by atoms with Gasteiger partial charge in [0.25, 0.3) is 0 Å². The van der Waals surface area contributed by atoms with E-state index in [0.29, 0.717) is 6.61 Å². The zero-order valence-electron chi connectivity index (χ0n) is 9.58. The minimum absolute atomic E-state index is 0.509. The first-order chi connectivity index (χ1) is 7.86. The topological polar surface area (TPSA) is 21.3 Å². The Bertz CT molecular complexity index is 325. The maximum Gasteiger partial charge on any atom is 0.120 e. The molecule has 1 rings (SSSR count). The number of rotatable bonds is 7. The Balaban J connectivity index is 2.43. The van der Waals surface area contributed by atoms with Gasteiger partial charge in [-0.15, -0.1) is 0 Å². The summed E-state index contributed by atoms with van der Waals surface area (Å²) >= 11 is 5.41. The van der Waals surface area contributed by atoms with Gasteiger partial charge in [-0.05, 0) is 36.7 Å². The molecule has 16 heavy (non-hydrogen) atoms. The molecule has 0 saturated carbocycles. The fourth-order valence-corrected chi connectivity index (χ4v) is 1.41. The van der Waals surface area contributed by atoms with E-state index in [-0.39, 0.29) is 0 Å². The minimum atomic E-state index is 0.509. The lowest BCUT2D eigenvalue weighted by Gasteiger charge is -2.06. The van der Waals surface area contributed by atoms with Crippen molar-refractivity contribution in [1.82, 2.24) is 5.32 Å². The van der Waals surface area contributed by atoms with Gasteiger partial charge in [-0.1, -0.05) is 30.7 Å². The van der Waals surface area contributed by atoms with E-state index in [1.54, 1.807) is 6.08 Å². The smallest absolute Gasteiger partial charge is 0.120 e. The van der Waals surface area contributed by atoms with Crippen molar-refractivity contribution in [2.45, 2.75) is 19.9 Å². The highest BCUT2D eigenvalue weighted by atomic mass is 35.5. The highest BCUT2D eigenvalue weighted by Crippen LogP contribution is 2.13. The first kappa shape index (κ1) is 13.1. The van der Waals surface area contributed by atoms with Crippen molar-refractivity contribution >= 4 is 11.6 Å². The number of benzene rings is 1. The van der Waals surface area contributed by atoms with Gasteiger partial charge in [0.15, 0.2) is 0 Å². The summed E-state index contributed by atoms with van der Waals surface area (Å²) < 4.78 is 5.49. The molecule has 88 valence electrons. The van der Waals surface area contributed by atoms with Crippen molar-refractivity contribution in [2.24, 2.45) is 0 Å². The summed E-state index contributed by atoms with van der Waals surface area (Å²) in [4.78, 5) is 0. The molecule has 2 nitrogen and oxygen atoms in total. The fourth-order valence-electron chi connectivity index (χ4n) is 1.34. The summed E-state index contributed by atoms with van der Waals surface area (Å²) in [5.41, 5.74) is 2.70. The zero-order valence-corrected chi connectivity index (χ0v) is 10.3. The molecule has 1 N–H and O–H groups in total. The van der Waals surface area contributed by atoms with E-state index in [2.05, 4.69) is 18.3 Å². The molecule has 0 bridgehead atoms. The number of halogens is 1. The second kappa shape index (κ2) is 8.20. The van der Waals surface area contributed by atoms with Gasteiger partial charge in [0.05, 0.1) is 0 Å². The van der Waals surface area contributed by atoms with Crippen LogP contribution in [0.3, 0.4) is 0 Å². The van der Waals surface area contributed by atoms with Gasteiger partial charge < -0.3 is 10.1 Å². The van der Waals surface area contributed by atoms with E-state index in [0.717, 1.165) is 25.3 Å². The van der Waals surface area contributed by atoms with Crippen molar-refractivity contribution in [3.63, 3.8) is 0 Å². The molecule has 0 aliphatic rings. The highest BCUT2D eigenvalue weighted by molar-refractivity contribution is 6.25. The monoisotopic (exact) mass is 239 g/mol. The summed E-state index contributed by atoms with van der Waals surface area (Å²) in [6, 6.07) is 8.09. The molecule has 1 aromatic carbocycles. The molecule has 0 fully saturated rings. The highest BCUT2D eigenvalue weighted by Gasteiger charge is 1.95. The predicted octanol–water partition coefficient (Wildman–Crippen LogP) is 3.32. The Hall–Kier alpha value is -0.990. The Labute approximate surface area is 102 Å². The average Bonchev–Trinajstić information content (AvgIpc) is 2.30. The zero-order chi connectivity index (χ0) is 11.6. The second-order valence-corrected chi connectivity index (χ2v) is 3.75. The number of hydrogen-bond acceptors (Lipinski definition) is 2. The van der Waals surface area contributed by atoms with Gasteiger partial charge in [-0.25, -0.2) is 0 Å². The molecule has 0 heterocycles. The Kier molecular flexibility index (Phi) is 6.70. The third-order valence-electron chi connectivity index (χ3n) is 2.09. The summed E-state index contributed by atoms with van der Waals surface area (Å²) in [6.07, 6.45) is 2.92. The molecule has 0 radical (unpaired) electrons. The molecule has 0 saturated heterocycles. The van der Waals surface area contributed by atoms with Gasteiger partial charge in [-0.2, -0.15) is 0 Å². The van der Waals surface area contributed by atoms with Crippen LogP contribution >= 0.6 is 11.6 Å². The van der Waals surface area contributed by atoms with Gasteiger partial charge in [0, 0.05) is 12.1 Å². The third-order valence-corrected chi connectivity index (χ3v) is 2.27. The van der Waals surface area contributed by atoms with Crippen molar-refractivity contribution in [3.05, 3.63) is 41.4 Å². The first-order valence-corrected chi connectivity index (χ1v) is 5.98. The van der Waals surface area contributed by atoms with Gasteiger partial charge in [-0.3, -0.25) is 0 Å². The van der Waals surface area contributed by atoms with Crippen LogP contribution in [-0.2, 0) is 6.54 Å². The van der Waals surface area contributed by atoms with E-state index >= 15 is 0 Å². The van der Waals surface area contributed by atoms with Crippen LogP contribution in [-0.4, -0.2) is 13.2 Å². The van der Waals surface area contributed by atoms with Crippen LogP contribution in [0.1, 0.15) is 18.9 Å². The minimum Gasteiger partial charge on any atom is -0.489 e. The molecular weight excluding hydrogens is 222 g/mol. The molecule has 0 aromatic heterocycles. The lowest BCUT2D eigenvalue weighted by molar-refractivity contribution is 0.362. The molecule has 0 amide bonds. The van der Waals surface area contributed by atoms with Crippen molar-refractivity contribution in [2.75, 3.05) is 13.2 Å². The molecule has 0 unspecified atom stereocenters. The predicted molar refractivity (Wildman–Crippen MR) is 68.9 cm³/mol. The summed E-state index contributed by atoms with van der Waals surface area (Å²) in [5, 5.41) is 3.36. The maximum atomic E-state index is 5.49. The number of nitrogens with one attached hydrogen (secondary N) is 1. The third kappa shape index (κ3) is 5.19. The Morgan fingerprint density at radius 1 is 1.44 bits per heavy atom. The van der Waals surface area contributed by atoms with Crippen molar-refractivity contribution < 1.29 is 4.74 Å². The molecule has 1 aromatic rings. The van der Waals surface area contributed by atoms with Crippen LogP contribution in [0.15, 0.2) is 35.9 Å². The Morgan fingerprint density at radius 3 is 3.06 bits per heavy atom. The quantitative estimate of drug-likeness (QED) is 0.737. The van der Waals surface area contributed by atoms with Crippen LogP contribution in [0.5, 0.6) is 5.75 Å². The molecule has 0 aliphatic heterocycles. The lowest BCUT2D eigenvalue weighted by Crippen LogP contribution is -2.13. The van der Waals surface area contributed by atoms with Crippen molar-refractivity contribution in [3.8, 4) is 5.75 Å². The standard InChI is InChI=1S/C13H18ClNO/c1-2-8-15-11-12-5-3-6-13(10-12)16-9-4-7-14/h3-7,10,15H,2,8-9,11H2,1H3/b7-4+. The van der Waals surface area contributed by atoms with Crippen molar-refractivity contribution in [1.29, 1.82) is 0 Å². The molecule has 0 atom stereocenters. The lowest BCUT2D eigenvalue weighted by atomic mass is 10.2. The second-order valence-electron chi connectivity index (χ2n) is 3.50. The summed E-state index contributed by atoms with van der Waals surface area (Å²) in [6.45, 7) is 4.59. The largest absolute Gasteiger partial charge is 0.489 e. The van der Waals surface area contributed by atoms with Gasteiger partial charge >= 0.3 is 0 Å².